The summed E-state index contributed by atoms with van der Waals surface area (Å²) in [7, 11) is 1.66. The summed E-state index contributed by atoms with van der Waals surface area (Å²) < 4.78 is 13.0. The van der Waals surface area contributed by atoms with E-state index < -0.39 is 0 Å². The average Bonchev–Trinajstić information content (AvgIpc) is 3.38. The smallest absolute Gasteiger partial charge is 0.155 e. The van der Waals surface area contributed by atoms with Crippen molar-refractivity contribution in [2.45, 2.75) is 13.5 Å². The first-order valence-electron chi connectivity index (χ1n) is 9.34. The number of methoxy groups -OCH3 is 1. The van der Waals surface area contributed by atoms with Crippen molar-refractivity contribution in [2.75, 3.05) is 7.11 Å². The van der Waals surface area contributed by atoms with Crippen LogP contribution < -0.4 is 10.2 Å². The quantitative estimate of drug-likeness (QED) is 0.373. The van der Waals surface area contributed by atoms with E-state index in [-0.39, 0.29) is 0 Å². The van der Waals surface area contributed by atoms with Crippen LogP contribution in [0.3, 0.4) is 0 Å². The lowest BCUT2D eigenvalue weighted by atomic mass is 10.2. The van der Waals surface area contributed by atoms with Crippen LogP contribution in [-0.2, 0) is 6.54 Å². The largest absolute Gasteiger partial charge is 0.496 e. The summed E-state index contributed by atoms with van der Waals surface area (Å²) in [5, 5.41) is 9.10. The normalized spacial score (nSPS) is 11.1. The fourth-order valence-corrected chi connectivity index (χ4v) is 3.04. The van der Waals surface area contributed by atoms with E-state index in [0.29, 0.717) is 12.3 Å². The van der Waals surface area contributed by atoms with Gasteiger partial charge < -0.3 is 14.6 Å². The molecule has 4 rings (SSSR count). The summed E-state index contributed by atoms with van der Waals surface area (Å²) in [6.07, 6.45) is 3.70. The van der Waals surface area contributed by atoms with E-state index in [0.717, 1.165) is 34.0 Å². The average molecular weight is 386 g/mol. The first kappa shape index (κ1) is 18.6. The maximum Gasteiger partial charge on any atom is 0.155 e. The molecule has 146 valence electrons. The van der Waals surface area contributed by atoms with Crippen LogP contribution in [0.1, 0.15) is 16.9 Å². The van der Waals surface area contributed by atoms with E-state index in [1.807, 2.05) is 84.5 Å². The van der Waals surface area contributed by atoms with Gasteiger partial charge in [-0.25, -0.2) is 4.68 Å². The minimum Gasteiger partial charge on any atom is -0.496 e. The van der Waals surface area contributed by atoms with Gasteiger partial charge in [-0.15, -0.1) is 0 Å². The topological polar surface area (TPSA) is 64.6 Å². The molecule has 2 heterocycles. The number of nitrogens with zero attached hydrogens (tertiary/aromatic N) is 3. The molecule has 29 heavy (non-hydrogen) atoms. The molecule has 0 aliphatic carbocycles. The third-order valence-electron chi connectivity index (χ3n) is 4.49. The second-order valence-corrected chi connectivity index (χ2v) is 6.53. The summed E-state index contributed by atoms with van der Waals surface area (Å²) in [6, 6.07) is 21.7. The van der Waals surface area contributed by atoms with Crippen molar-refractivity contribution in [3.8, 4) is 22.9 Å². The monoisotopic (exact) mass is 386 g/mol. The SMILES string of the molecule is COc1ccccc1CN/N=C\c1cn(-c2ccccc2)nc1-c1ccc(C)o1. The van der Waals surface area contributed by atoms with Gasteiger partial charge in [-0.3, -0.25) is 0 Å². The Balaban J connectivity index is 1.58. The van der Waals surface area contributed by atoms with Crippen LogP contribution >= 0.6 is 0 Å². The van der Waals surface area contributed by atoms with Crippen LogP contribution in [0.2, 0.25) is 0 Å². The van der Waals surface area contributed by atoms with Crippen LogP contribution in [0.15, 0.2) is 82.4 Å². The first-order chi connectivity index (χ1) is 14.2. The zero-order valence-corrected chi connectivity index (χ0v) is 16.4. The number of aryl methyl sites for hydroxylation is 1. The van der Waals surface area contributed by atoms with E-state index in [9.17, 15) is 0 Å². The highest BCUT2D eigenvalue weighted by atomic mass is 16.5. The number of ether oxygens (including phenoxy) is 1. The van der Waals surface area contributed by atoms with Crippen molar-refractivity contribution in [1.82, 2.24) is 15.2 Å². The zero-order chi connectivity index (χ0) is 20.1. The molecule has 0 spiro atoms. The van der Waals surface area contributed by atoms with E-state index in [4.69, 9.17) is 14.3 Å². The van der Waals surface area contributed by atoms with Gasteiger partial charge in [0.25, 0.3) is 0 Å². The van der Waals surface area contributed by atoms with Gasteiger partial charge in [0.2, 0.25) is 0 Å². The molecule has 0 saturated heterocycles. The fraction of sp³-hybridized carbons (Fsp3) is 0.130. The Kier molecular flexibility index (Phi) is 5.42. The number of rotatable bonds is 7. The Labute approximate surface area is 169 Å². The van der Waals surface area contributed by atoms with Gasteiger partial charge >= 0.3 is 0 Å². The molecule has 0 aliphatic heterocycles. The summed E-state index contributed by atoms with van der Waals surface area (Å²) in [4.78, 5) is 0. The molecule has 0 aliphatic rings. The minimum absolute atomic E-state index is 0.558. The lowest BCUT2D eigenvalue weighted by molar-refractivity contribution is 0.408. The molecule has 2 aromatic heterocycles. The number of benzene rings is 2. The lowest BCUT2D eigenvalue weighted by Gasteiger charge is -2.07. The zero-order valence-electron chi connectivity index (χ0n) is 16.4. The summed E-state index contributed by atoms with van der Waals surface area (Å²) in [6.45, 7) is 2.47. The summed E-state index contributed by atoms with van der Waals surface area (Å²) in [5.41, 5.74) is 6.68. The van der Waals surface area contributed by atoms with E-state index >= 15 is 0 Å². The van der Waals surface area contributed by atoms with Gasteiger partial charge in [-0.1, -0.05) is 36.4 Å². The minimum atomic E-state index is 0.558. The number of hydrogen-bond acceptors (Lipinski definition) is 5. The Morgan fingerprint density at radius 2 is 1.86 bits per heavy atom. The third-order valence-corrected chi connectivity index (χ3v) is 4.49. The molecule has 4 aromatic rings. The molecule has 1 N–H and O–H groups in total. The summed E-state index contributed by atoms with van der Waals surface area (Å²) in [5.74, 6) is 2.38. The van der Waals surface area contributed by atoms with Crippen LogP contribution in [0.25, 0.3) is 17.1 Å². The molecule has 0 amide bonds. The molecular formula is C23H22N4O2. The highest BCUT2D eigenvalue weighted by Gasteiger charge is 2.14. The Bertz CT molecular complexity index is 1110. The van der Waals surface area contributed by atoms with Crippen LogP contribution in [0.4, 0.5) is 0 Å². The maximum atomic E-state index is 5.79. The van der Waals surface area contributed by atoms with Crippen molar-refractivity contribution in [3.05, 3.63) is 89.8 Å². The van der Waals surface area contributed by atoms with Crippen molar-refractivity contribution >= 4 is 6.21 Å². The van der Waals surface area contributed by atoms with Crippen molar-refractivity contribution in [2.24, 2.45) is 5.10 Å². The third kappa shape index (κ3) is 4.21. The molecule has 0 bridgehead atoms. The molecule has 2 aromatic carbocycles. The molecular weight excluding hydrogens is 364 g/mol. The predicted octanol–water partition coefficient (Wildman–Crippen LogP) is 4.57. The number of furan rings is 1. The van der Waals surface area contributed by atoms with Gasteiger partial charge in [0.1, 0.15) is 17.2 Å². The van der Waals surface area contributed by atoms with Gasteiger partial charge in [0, 0.05) is 17.3 Å². The Morgan fingerprint density at radius 3 is 2.62 bits per heavy atom. The second kappa shape index (κ2) is 8.48. The maximum absolute atomic E-state index is 5.79. The van der Waals surface area contributed by atoms with Crippen LogP contribution in [-0.4, -0.2) is 23.1 Å². The van der Waals surface area contributed by atoms with Gasteiger partial charge in [-0.2, -0.15) is 10.2 Å². The van der Waals surface area contributed by atoms with Gasteiger partial charge in [0.05, 0.1) is 25.6 Å². The molecule has 0 atom stereocenters. The molecule has 0 unspecified atom stereocenters. The number of nitrogens with one attached hydrogen (secondary N) is 1. The first-order valence-corrected chi connectivity index (χ1v) is 9.34. The van der Waals surface area contributed by atoms with E-state index in [1.165, 1.54) is 0 Å². The van der Waals surface area contributed by atoms with Crippen LogP contribution in [0, 0.1) is 6.92 Å². The lowest BCUT2D eigenvalue weighted by Crippen LogP contribution is -2.06. The van der Waals surface area contributed by atoms with E-state index in [2.05, 4.69) is 10.5 Å². The molecule has 0 saturated carbocycles. The van der Waals surface area contributed by atoms with Gasteiger partial charge in [-0.05, 0) is 37.3 Å². The molecule has 6 nitrogen and oxygen atoms in total. The van der Waals surface area contributed by atoms with Crippen LogP contribution in [0.5, 0.6) is 5.75 Å². The Morgan fingerprint density at radius 1 is 1.07 bits per heavy atom. The number of hydrogen-bond donors (Lipinski definition) is 1. The number of para-hydroxylation sites is 2. The predicted molar refractivity (Wildman–Crippen MR) is 113 cm³/mol. The fourth-order valence-electron chi connectivity index (χ4n) is 3.04. The molecule has 6 heteroatoms. The highest BCUT2D eigenvalue weighted by Crippen LogP contribution is 2.24. The molecule has 0 fully saturated rings. The highest BCUT2D eigenvalue weighted by molar-refractivity contribution is 5.87. The Hall–Kier alpha value is -3.80. The van der Waals surface area contributed by atoms with Crippen molar-refractivity contribution < 1.29 is 9.15 Å². The van der Waals surface area contributed by atoms with Crippen molar-refractivity contribution in [1.29, 1.82) is 0 Å². The standard InChI is InChI=1S/C23H22N4O2/c1-17-12-13-22(29-17)23-19(16-27(26-23)20-9-4-3-5-10-20)15-25-24-14-18-8-6-7-11-21(18)28-2/h3-13,15-16,24H,14H2,1-2H3/b25-15-. The van der Waals surface area contributed by atoms with E-state index in [1.54, 1.807) is 13.3 Å². The van der Waals surface area contributed by atoms with Crippen molar-refractivity contribution in [3.63, 3.8) is 0 Å². The second-order valence-electron chi connectivity index (χ2n) is 6.53. The number of aromatic nitrogens is 2. The number of hydrazone groups is 1. The summed E-state index contributed by atoms with van der Waals surface area (Å²) >= 11 is 0. The molecule has 0 radical (unpaired) electrons. The van der Waals surface area contributed by atoms with Gasteiger partial charge in [0.15, 0.2) is 5.76 Å².